The van der Waals surface area contributed by atoms with Gasteiger partial charge in [0.2, 0.25) is 5.88 Å². The molecule has 2 heterocycles. The summed E-state index contributed by atoms with van der Waals surface area (Å²) >= 11 is 0. The van der Waals surface area contributed by atoms with Gasteiger partial charge >= 0.3 is 6.36 Å². The largest absolute Gasteiger partial charge is 0.574 e. The number of ether oxygens (including phenoxy) is 1. The quantitative estimate of drug-likeness (QED) is 0.735. The highest BCUT2D eigenvalue weighted by molar-refractivity contribution is 5.78. The highest BCUT2D eigenvalue weighted by atomic mass is 19.4. The molecule has 0 saturated carbocycles. The van der Waals surface area contributed by atoms with E-state index in [4.69, 9.17) is 5.73 Å². The number of hydrogen-bond acceptors (Lipinski definition) is 5. The van der Waals surface area contributed by atoms with Crippen LogP contribution in [-0.4, -0.2) is 20.9 Å². The summed E-state index contributed by atoms with van der Waals surface area (Å²) in [5.74, 6) is -0.590. The molecule has 2 aromatic heterocycles. The van der Waals surface area contributed by atoms with Crippen LogP contribution in [0.4, 0.5) is 18.9 Å². The average molecular weight is 350 g/mol. The zero-order chi connectivity index (χ0) is 18.2. The highest BCUT2D eigenvalue weighted by Gasteiger charge is 2.32. The molecule has 0 unspecified atom stereocenters. The Morgan fingerprint density at radius 1 is 1.24 bits per heavy atom. The summed E-state index contributed by atoms with van der Waals surface area (Å²) in [6.07, 6.45) is -3.71. The summed E-state index contributed by atoms with van der Waals surface area (Å²) < 4.78 is 42.3. The average Bonchev–Trinajstić information content (AvgIpc) is 2.53. The van der Waals surface area contributed by atoms with E-state index in [9.17, 15) is 18.0 Å². The van der Waals surface area contributed by atoms with Crippen LogP contribution in [0, 0.1) is 0 Å². The van der Waals surface area contributed by atoms with Gasteiger partial charge in [-0.1, -0.05) is 6.07 Å². The molecule has 9 heteroatoms. The number of benzene rings is 1. The molecule has 0 fully saturated rings. The van der Waals surface area contributed by atoms with Gasteiger partial charge in [-0.15, -0.1) is 13.2 Å². The van der Waals surface area contributed by atoms with E-state index in [0.29, 0.717) is 16.7 Å². The molecule has 0 bridgehead atoms. The van der Waals surface area contributed by atoms with Crippen molar-refractivity contribution < 1.29 is 17.9 Å². The van der Waals surface area contributed by atoms with E-state index in [0.717, 1.165) is 12.3 Å². The maximum atomic E-state index is 12.4. The van der Waals surface area contributed by atoms with Crippen LogP contribution in [-0.2, 0) is 0 Å². The summed E-state index contributed by atoms with van der Waals surface area (Å²) in [4.78, 5) is 20.2. The zero-order valence-electron chi connectivity index (χ0n) is 13.0. The molecule has 2 N–H and O–H groups in total. The van der Waals surface area contributed by atoms with Gasteiger partial charge in [-0.25, -0.2) is 9.97 Å². The number of pyridine rings is 1. The third-order valence-corrected chi connectivity index (χ3v) is 3.59. The molecule has 0 radical (unpaired) electrons. The molecular formula is C16H13F3N4O2. The minimum Gasteiger partial charge on any atom is -0.399 e. The van der Waals surface area contributed by atoms with Crippen LogP contribution in [0.2, 0.25) is 0 Å². The van der Waals surface area contributed by atoms with Gasteiger partial charge in [0.15, 0.2) is 0 Å². The zero-order valence-corrected chi connectivity index (χ0v) is 13.0. The van der Waals surface area contributed by atoms with E-state index in [-0.39, 0.29) is 5.69 Å². The van der Waals surface area contributed by atoms with Crippen molar-refractivity contribution in [3.63, 3.8) is 0 Å². The maximum absolute atomic E-state index is 12.4. The van der Waals surface area contributed by atoms with Crippen molar-refractivity contribution in [1.29, 1.82) is 0 Å². The number of nitrogen functional groups attached to an aromatic ring is 1. The number of rotatable bonds is 3. The first-order valence-electron chi connectivity index (χ1n) is 7.24. The van der Waals surface area contributed by atoms with Gasteiger partial charge in [0.25, 0.3) is 5.56 Å². The first-order valence-corrected chi connectivity index (χ1v) is 7.24. The van der Waals surface area contributed by atoms with Gasteiger partial charge in [0.05, 0.1) is 29.0 Å². The Morgan fingerprint density at radius 2 is 2.00 bits per heavy atom. The number of fused-ring (bicyclic) bond motifs is 1. The number of nitrogens with two attached hydrogens (primary N) is 1. The van der Waals surface area contributed by atoms with Crippen LogP contribution in [0.25, 0.3) is 11.0 Å². The Morgan fingerprint density at radius 3 is 2.72 bits per heavy atom. The number of anilines is 1. The summed E-state index contributed by atoms with van der Waals surface area (Å²) in [6, 6.07) is 8.20. The van der Waals surface area contributed by atoms with Gasteiger partial charge in [-0.3, -0.25) is 9.36 Å². The number of alkyl halides is 3. The lowest BCUT2D eigenvalue weighted by molar-refractivity contribution is -0.276. The first-order chi connectivity index (χ1) is 11.7. The van der Waals surface area contributed by atoms with Crippen molar-refractivity contribution in [1.82, 2.24) is 14.5 Å². The second-order valence-corrected chi connectivity index (χ2v) is 5.34. The monoisotopic (exact) mass is 350 g/mol. The molecule has 0 aliphatic heterocycles. The van der Waals surface area contributed by atoms with Crippen molar-refractivity contribution in [2.45, 2.75) is 19.3 Å². The minimum absolute atomic E-state index is 0.244. The standard InChI is InChI=1S/C16H13F3N4O2/c1-9(11-3-2-4-14(22-11)25-16(17,18)19)23-13-6-5-10(20)7-12(13)21-8-15(23)24/h2-9H,20H2,1H3/t9-/m0/s1. The summed E-state index contributed by atoms with van der Waals surface area (Å²) in [6.45, 7) is 1.65. The normalized spacial score (nSPS) is 13.0. The number of aromatic nitrogens is 3. The van der Waals surface area contributed by atoms with Crippen LogP contribution in [0.15, 0.2) is 47.4 Å². The second-order valence-electron chi connectivity index (χ2n) is 5.34. The Hall–Kier alpha value is -3.10. The second kappa shape index (κ2) is 6.08. The first kappa shape index (κ1) is 16.7. The molecule has 0 spiro atoms. The van der Waals surface area contributed by atoms with E-state index < -0.39 is 23.8 Å². The Bertz CT molecular complexity index is 985. The fourth-order valence-corrected chi connectivity index (χ4v) is 2.52. The number of nitrogens with zero attached hydrogens (tertiary/aromatic N) is 3. The van der Waals surface area contributed by atoms with E-state index in [1.165, 1.54) is 16.7 Å². The van der Waals surface area contributed by atoms with Crippen LogP contribution >= 0.6 is 0 Å². The van der Waals surface area contributed by atoms with Crippen LogP contribution in [0.5, 0.6) is 5.88 Å². The molecule has 1 atom stereocenters. The topological polar surface area (TPSA) is 83.0 Å². The van der Waals surface area contributed by atoms with Crippen molar-refractivity contribution >= 4 is 16.7 Å². The van der Waals surface area contributed by atoms with Crippen LogP contribution in [0.3, 0.4) is 0 Å². The van der Waals surface area contributed by atoms with Crippen molar-refractivity contribution in [2.24, 2.45) is 0 Å². The van der Waals surface area contributed by atoms with E-state index >= 15 is 0 Å². The number of halogens is 3. The van der Waals surface area contributed by atoms with Crippen LogP contribution < -0.4 is 16.0 Å². The third-order valence-electron chi connectivity index (χ3n) is 3.59. The Balaban J connectivity index is 2.08. The smallest absolute Gasteiger partial charge is 0.399 e. The summed E-state index contributed by atoms with van der Waals surface area (Å²) in [5, 5.41) is 0. The molecule has 6 nitrogen and oxygen atoms in total. The molecule has 1 aromatic carbocycles. The summed E-state index contributed by atoms with van der Waals surface area (Å²) in [5.41, 5.74) is 7.03. The van der Waals surface area contributed by atoms with E-state index in [1.807, 2.05) is 0 Å². The molecule has 25 heavy (non-hydrogen) atoms. The Labute approximate surface area is 139 Å². The maximum Gasteiger partial charge on any atom is 0.574 e. The predicted molar refractivity (Wildman–Crippen MR) is 85.1 cm³/mol. The van der Waals surface area contributed by atoms with E-state index in [2.05, 4.69) is 14.7 Å². The molecule has 0 aliphatic carbocycles. The third kappa shape index (κ3) is 3.54. The lowest BCUT2D eigenvalue weighted by Gasteiger charge is -2.18. The molecule has 3 rings (SSSR count). The van der Waals surface area contributed by atoms with E-state index in [1.54, 1.807) is 25.1 Å². The fraction of sp³-hybridized carbons (Fsp3) is 0.188. The molecule has 0 saturated heterocycles. The lowest BCUT2D eigenvalue weighted by Crippen LogP contribution is -2.25. The molecular weight excluding hydrogens is 337 g/mol. The lowest BCUT2D eigenvalue weighted by atomic mass is 10.2. The SMILES string of the molecule is C[C@@H](c1cccc(OC(F)(F)F)n1)n1c(=O)cnc2cc(N)ccc21. The molecule has 0 aliphatic rings. The van der Waals surface area contributed by atoms with Crippen LogP contribution in [0.1, 0.15) is 18.7 Å². The predicted octanol–water partition coefficient (Wildman–Crippen LogP) is 2.88. The Kier molecular flexibility index (Phi) is 4.07. The molecule has 130 valence electrons. The van der Waals surface area contributed by atoms with Crippen molar-refractivity contribution in [2.75, 3.05) is 5.73 Å². The highest BCUT2D eigenvalue weighted by Crippen LogP contribution is 2.25. The van der Waals surface area contributed by atoms with Gasteiger partial charge in [0, 0.05) is 11.8 Å². The fourth-order valence-electron chi connectivity index (χ4n) is 2.52. The molecule has 3 aromatic rings. The van der Waals surface area contributed by atoms with Gasteiger partial charge in [-0.2, -0.15) is 0 Å². The van der Waals surface area contributed by atoms with Gasteiger partial charge in [0.1, 0.15) is 0 Å². The van der Waals surface area contributed by atoms with Crippen molar-refractivity contribution in [3.05, 3.63) is 58.6 Å². The van der Waals surface area contributed by atoms with Crippen molar-refractivity contribution in [3.8, 4) is 5.88 Å². The summed E-state index contributed by atoms with van der Waals surface area (Å²) in [7, 11) is 0. The minimum atomic E-state index is -4.84. The molecule has 0 amide bonds. The van der Waals surface area contributed by atoms with Gasteiger partial charge < -0.3 is 10.5 Å². The number of hydrogen-bond donors (Lipinski definition) is 1. The van der Waals surface area contributed by atoms with Gasteiger partial charge in [-0.05, 0) is 31.2 Å².